The minimum Gasteiger partial charge on any atom is -0.309 e. The summed E-state index contributed by atoms with van der Waals surface area (Å²) in [6.45, 7) is 0. The number of hydrogen-bond donors (Lipinski definition) is 0. The topological polar surface area (TPSA) is 3.24 Å². The van der Waals surface area contributed by atoms with E-state index in [1.165, 1.54) is 54.1 Å². The summed E-state index contributed by atoms with van der Waals surface area (Å²) in [5, 5.41) is 5.42. The summed E-state index contributed by atoms with van der Waals surface area (Å²) < 4.78 is 0. The van der Waals surface area contributed by atoms with Crippen molar-refractivity contribution in [3.63, 3.8) is 0 Å². The van der Waals surface area contributed by atoms with Crippen LogP contribution in [0, 0.1) is 0 Å². The molecular weight excluding hydrogens is 691 g/mol. The highest BCUT2D eigenvalue weighted by Crippen LogP contribution is 2.45. The highest BCUT2D eigenvalue weighted by atomic mass is 28.3. The summed E-state index contributed by atoms with van der Waals surface area (Å²) in [4.78, 5) is 2.46. The number of anilines is 3. The van der Waals surface area contributed by atoms with Gasteiger partial charge in [0.1, 0.15) is 0 Å². The maximum absolute atomic E-state index is 2.71. The highest BCUT2D eigenvalue weighted by molar-refractivity contribution is 7.19. The van der Waals surface area contributed by atoms with Crippen molar-refractivity contribution >= 4 is 45.9 Å². The molecular formula is C54H41NSi. The minimum absolute atomic E-state index is 1.10. The van der Waals surface area contributed by atoms with Gasteiger partial charge >= 0.3 is 0 Å². The molecule has 0 N–H and O–H groups in total. The van der Waals surface area contributed by atoms with Gasteiger partial charge in [-0.2, -0.15) is 0 Å². The van der Waals surface area contributed by atoms with E-state index in [4.69, 9.17) is 0 Å². The molecule has 9 aromatic carbocycles. The first kappa shape index (κ1) is 34.7. The van der Waals surface area contributed by atoms with Gasteiger partial charge in [-0.3, -0.25) is 0 Å². The van der Waals surface area contributed by atoms with Crippen LogP contribution in [0.1, 0.15) is 0 Å². The lowest BCUT2D eigenvalue weighted by molar-refractivity contribution is 1.28. The first-order valence-electron chi connectivity index (χ1n) is 19.3. The van der Waals surface area contributed by atoms with Gasteiger partial charge in [0, 0.05) is 16.8 Å². The fraction of sp³-hybridized carbons (Fsp3) is 0. The molecule has 0 aliphatic carbocycles. The van der Waals surface area contributed by atoms with Gasteiger partial charge in [0.25, 0.3) is 0 Å². The standard InChI is InChI=1S/C54H41NSi/c1-7-21-42(22-8-1)45-35-40-54(52(41-45)44-25-11-3-12-26-44)55(53-34-20-19-33-51(53)43-23-9-2-10-24-43)46-36-38-50(39-37-46)56(47-27-13-4-14-28-47,48-29-15-5-16-30-48)49-31-17-6-18-32-49/h1-41H. The van der Waals surface area contributed by atoms with E-state index in [1.807, 2.05) is 0 Å². The second kappa shape index (κ2) is 15.8. The van der Waals surface area contributed by atoms with Crippen LogP contribution in [0.5, 0.6) is 0 Å². The van der Waals surface area contributed by atoms with Crippen molar-refractivity contribution in [3.05, 3.63) is 249 Å². The summed E-state index contributed by atoms with van der Waals surface area (Å²) in [6, 6.07) is 90.8. The Morgan fingerprint density at radius 1 is 0.250 bits per heavy atom. The van der Waals surface area contributed by atoms with Gasteiger partial charge < -0.3 is 4.90 Å². The van der Waals surface area contributed by atoms with Crippen LogP contribution in [0.15, 0.2) is 249 Å². The molecule has 9 aromatic rings. The van der Waals surface area contributed by atoms with Crippen LogP contribution in [0.25, 0.3) is 33.4 Å². The SMILES string of the molecule is c1ccc(-c2ccc(N(c3ccc([Si](c4ccccc4)(c4ccccc4)c4ccccc4)cc3)c3ccccc3-c3ccccc3)c(-c3ccccc3)c2)cc1. The number of nitrogens with zero attached hydrogens (tertiary/aromatic N) is 1. The van der Waals surface area contributed by atoms with E-state index in [0.29, 0.717) is 0 Å². The van der Waals surface area contributed by atoms with Gasteiger partial charge in [0.05, 0.1) is 11.4 Å². The summed E-state index contributed by atoms with van der Waals surface area (Å²) in [5.41, 5.74) is 10.4. The molecule has 9 rings (SSSR count). The number of rotatable bonds is 10. The van der Waals surface area contributed by atoms with E-state index in [9.17, 15) is 0 Å². The zero-order valence-electron chi connectivity index (χ0n) is 31.1. The van der Waals surface area contributed by atoms with E-state index >= 15 is 0 Å². The molecule has 0 saturated carbocycles. The largest absolute Gasteiger partial charge is 0.309 e. The lowest BCUT2D eigenvalue weighted by Gasteiger charge is -2.35. The summed E-state index contributed by atoms with van der Waals surface area (Å²) >= 11 is 0. The Morgan fingerprint density at radius 3 is 1.12 bits per heavy atom. The van der Waals surface area contributed by atoms with Crippen LogP contribution in [0.4, 0.5) is 17.1 Å². The van der Waals surface area contributed by atoms with Crippen LogP contribution in [-0.2, 0) is 0 Å². The van der Waals surface area contributed by atoms with Gasteiger partial charge in [-0.05, 0) is 73.3 Å². The van der Waals surface area contributed by atoms with Crippen molar-refractivity contribution < 1.29 is 0 Å². The Hall–Kier alpha value is -7.00. The van der Waals surface area contributed by atoms with E-state index < -0.39 is 8.07 Å². The minimum atomic E-state index is -2.71. The second-order valence-corrected chi connectivity index (χ2v) is 17.9. The molecule has 0 unspecified atom stereocenters. The van der Waals surface area contributed by atoms with Gasteiger partial charge in [0.15, 0.2) is 8.07 Å². The quantitative estimate of drug-likeness (QED) is 0.1000. The average molecular weight is 732 g/mol. The van der Waals surface area contributed by atoms with Crippen molar-refractivity contribution in [2.24, 2.45) is 0 Å². The van der Waals surface area contributed by atoms with Crippen molar-refractivity contribution in [2.45, 2.75) is 0 Å². The molecule has 2 heteroatoms. The molecule has 0 aliphatic heterocycles. The van der Waals surface area contributed by atoms with Crippen LogP contribution >= 0.6 is 0 Å². The molecule has 0 fully saturated rings. The van der Waals surface area contributed by atoms with E-state index in [-0.39, 0.29) is 0 Å². The molecule has 56 heavy (non-hydrogen) atoms. The van der Waals surface area contributed by atoms with Crippen molar-refractivity contribution in [1.82, 2.24) is 0 Å². The molecule has 1 nitrogen and oxygen atoms in total. The third-order valence-corrected chi connectivity index (χ3v) is 15.6. The first-order valence-corrected chi connectivity index (χ1v) is 21.3. The molecule has 0 aromatic heterocycles. The highest BCUT2D eigenvalue weighted by Gasteiger charge is 2.41. The van der Waals surface area contributed by atoms with Gasteiger partial charge in [-0.25, -0.2) is 0 Å². The predicted octanol–water partition coefficient (Wildman–Crippen LogP) is 11.5. The van der Waals surface area contributed by atoms with E-state index in [0.717, 1.165) is 17.1 Å². The summed E-state index contributed by atoms with van der Waals surface area (Å²) in [7, 11) is -2.71. The summed E-state index contributed by atoms with van der Waals surface area (Å²) in [6.07, 6.45) is 0. The lowest BCUT2D eigenvalue weighted by Crippen LogP contribution is -2.74. The molecule has 0 saturated heterocycles. The molecule has 266 valence electrons. The molecule has 0 bridgehead atoms. The first-order chi connectivity index (χ1) is 27.8. The summed E-state index contributed by atoms with van der Waals surface area (Å²) in [5.74, 6) is 0. The molecule has 0 heterocycles. The number of benzene rings is 9. The van der Waals surface area contributed by atoms with Crippen LogP contribution in [0.2, 0.25) is 0 Å². The zero-order valence-corrected chi connectivity index (χ0v) is 32.1. The van der Waals surface area contributed by atoms with Gasteiger partial charge in [-0.1, -0.05) is 218 Å². The molecule has 0 atom stereocenters. The van der Waals surface area contributed by atoms with Gasteiger partial charge in [0.2, 0.25) is 0 Å². The van der Waals surface area contributed by atoms with Crippen molar-refractivity contribution in [3.8, 4) is 33.4 Å². The maximum atomic E-state index is 2.46. The zero-order chi connectivity index (χ0) is 37.6. The third kappa shape index (κ3) is 6.57. The fourth-order valence-corrected chi connectivity index (χ4v) is 13.0. The van der Waals surface area contributed by atoms with E-state index in [1.54, 1.807) is 0 Å². The Bertz CT molecular complexity index is 2550. The van der Waals surface area contributed by atoms with E-state index in [2.05, 4.69) is 254 Å². The molecule has 0 amide bonds. The normalized spacial score (nSPS) is 11.2. The number of hydrogen-bond acceptors (Lipinski definition) is 1. The Morgan fingerprint density at radius 2 is 0.625 bits per heavy atom. The average Bonchev–Trinajstić information content (AvgIpc) is 3.29. The van der Waals surface area contributed by atoms with Crippen LogP contribution < -0.4 is 25.6 Å². The second-order valence-electron chi connectivity index (χ2n) is 14.1. The monoisotopic (exact) mass is 731 g/mol. The van der Waals surface area contributed by atoms with Gasteiger partial charge in [-0.15, -0.1) is 0 Å². The van der Waals surface area contributed by atoms with Crippen LogP contribution in [-0.4, -0.2) is 8.07 Å². The van der Waals surface area contributed by atoms with Crippen molar-refractivity contribution in [2.75, 3.05) is 4.90 Å². The smallest absolute Gasteiger partial charge is 0.179 e. The van der Waals surface area contributed by atoms with Crippen LogP contribution in [0.3, 0.4) is 0 Å². The number of para-hydroxylation sites is 1. The molecule has 0 spiro atoms. The predicted molar refractivity (Wildman–Crippen MR) is 241 cm³/mol. The van der Waals surface area contributed by atoms with Crippen molar-refractivity contribution in [1.29, 1.82) is 0 Å². The Balaban J connectivity index is 1.29. The fourth-order valence-electron chi connectivity index (χ4n) is 8.25. The Labute approximate surface area is 331 Å². The maximum Gasteiger partial charge on any atom is 0.179 e. The molecule has 0 radical (unpaired) electrons. The third-order valence-electron chi connectivity index (χ3n) is 10.8. The lowest BCUT2D eigenvalue weighted by atomic mass is 9.95. The molecule has 0 aliphatic rings. The Kier molecular flexibility index (Phi) is 9.78.